The van der Waals surface area contributed by atoms with Gasteiger partial charge in [-0.05, 0) is 38.0 Å². The number of carbonyl (C=O) groups is 1. The zero-order chi connectivity index (χ0) is 17.4. The number of benzene rings is 1. The van der Waals surface area contributed by atoms with Crippen LogP contribution in [0.1, 0.15) is 39.7 Å². The SMILES string of the molecule is CCCOc1ccc(NC(=O)C(C)n2cccn2)cc1OCCC. The van der Waals surface area contributed by atoms with Gasteiger partial charge in [0.05, 0.1) is 13.2 Å². The second-order valence-corrected chi connectivity index (χ2v) is 5.51. The lowest BCUT2D eigenvalue weighted by Gasteiger charge is -2.16. The van der Waals surface area contributed by atoms with E-state index in [1.807, 2.05) is 19.1 Å². The molecule has 0 bridgehead atoms. The van der Waals surface area contributed by atoms with E-state index < -0.39 is 6.04 Å². The Morgan fingerprint density at radius 2 is 1.92 bits per heavy atom. The van der Waals surface area contributed by atoms with Crippen LogP contribution in [0.25, 0.3) is 0 Å². The largest absolute Gasteiger partial charge is 0.490 e. The molecule has 1 unspecified atom stereocenters. The van der Waals surface area contributed by atoms with Gasteiger partial charge in [-0.2, -0.15) is 5.10 Å². The third-order valence-corrected chi connectivity index (χ3v) is 3.44. The van der Waals surface area contributed by atoms with Gasteiger partial charge in [0.15, 0.2) is 11.5 Å². The molecule has 1 aromatic carbocycles. The third-order valence-electron chi connectivity index (χ3n) is 3.44. The summed E-state index contributed by atoms with van der Waals surface area (Å²) >= 11 is 0. The van der Waals surface area contributed by atoms with E-state index in [2.05, 4.69) is 17.3 Å². The maximum atomic E-state index is 12.3. The lowest BCUT2D eigenvalue weighted by atomic mass is 10.2. The molecule has 0 aliphatic heterocycles. The van der Waals surface area contributed by atoms with Crippen molar-refractivity contribution in [2.45, 2.75) is 39.7 Å². The molecule has 0 radical (unpaired) electrons. The van der Waals surface area contributed by atoms with Crippen LogP contribution in [0.2, 0.25) is 0 Å². The first-order valence-electron chi connectivity index (χ1n) is 8.35. The highest BCUT2D eigenvalue weighted by molar-refractivity contribution is 5.93. The predicted octanol–water partition coefficient (Wildman–Crippen LogP) is 3.66. The van der Waals surface area contributed by atoms with Gasteiger partial charge < -0.3 is 14.8 Å². The molecule has 1 N–H and O–H groups in total. The maximum absolute atomic E-state index is 12.3. The van der Waals surface area contributed by atoms with Crippen LogP contribution in [-0.2, 0) is 4.79 Å². The summed E-state index contributed by atoms with van der Waals surface area (Å²) in [5.74, 6) is 1.21. The van der Waals surface area contributed by atoms with Crippen LogP contribution in [0.15, 0.2) is 36.7 Å². The molecule has 2 aromatic rings. The average molecular weight is 331 g/mol. The predicted molar refractivity (Wildman–Crippen MR) is 93.6 cm³/mol. The van der Waals surface area contributed by atoms with Crippen molar-refractivity contribution in [1.82, 2.24) is 9.78 Å². The molecular weight excluding hydrogens is 306 g/mol. The Labute approximate surface area is 142 Å². The summed E-state index contributed by atoms with van der Waals surface area (Å²) in [5.41, 5.74) is 0.675. The van der Waals surface area contributed by atoms with Gasteiger partial charge in [0.1, 0.15) is 6.04 Å². The van der Waals surface area contributed by atoms with Crippen LogP contribution in [0.5, 0.6) is 11.5 Å². The fourth-order valence-electron chi connectivity index (χ4n) is 2.12. The Kier molecular flexibility index (Phi) is 6.66. The molecule has 0 aliphatic rings. The first kappa shape index (κ1) is 17.8. The van der Waals surface area contributed by atoms with Crippen molar-refractivity contribution in [3.8, 4) is 11.5 Å². The van der Waals surface area contributed by atoms with E-state index in [1.54, 1.807) is 36.1 Å². The third kappa shape index (κ3) is 4.75. The van der Waals surface area contributed by atoms with Gasteiger partial charge in [0.2, 0.25) is 5.91 Å². The number of nitrogens with zero attached hydrogens (tertiary/aromatic N) is 2. The molecule has 0 saturated heterocycles. The highest BCUT2D eigenvalue weighted by atomic mass is 16.5. The van der Waals surface area contributed by atoms with Crippen molar-refractivity contribution in [1.29, 1.82) is 0 Å². The van der Waals surface area contributed by atoms with Gasteiger partial charge in [-0.1, -0.05) is 13.8 Å². The quantitative estimate of drug-likeness (QED) is 0.761. The van der Waals surface area contributed by atoms with E-state index in [4.69, 9.17) is 9.47 Å². The van der Waals surface area contributed by atoms with Gasteiger partial charge in [0.25, 0.3) is 0 Å². The molecule has 24 heavy (non-hydrogen) atoms. The summed E-state index contributed by atoms with van der Waals surface area (Å²) in [4.78, 5) is 12.3. The Hall–Kier alpha value is -2.50. The lowest BCUT2D eigenvalue weighted by molar-refractivity contribution is -0.119. The number of aromatic nitrogens is 2. The van der Waals surface area contributed by atoms with Gasteiger partial charge in [0, 0.05) is 24.1 Å². The monoisotopic (exact) mass is 331 g/mol. The molecule has 2 rings (SSSR count). The highest BCUT2D eigenvalue weighted by Gasteiger charge is 2.16. The Morgan fingerprint density at radius 1 is 1.21 bits per heavy atom. The summed E-state index contributed by atoms with van der Waals surface area (Å²) in [5, 5.41) is 6.99. The molecule has 1 aromatic heterocycles. The molecule has 6 heteroatoms. The summed E-state index contributed by atoms with van der Waals surface area (Å²) < 4.78 is 13.1. The van der Waals surface area contributed by atoms with Crippen molar-refractivity contribution in [3.05, 3.63) is 36.7 Å². The van der Waals surface area contributed by atoms with Crippen molar-refractivity contribution in [2.24, 2.45) is 0 Å². The molecule has 0 aliphatic carbocycles. The van der Waals surface area contributed by atoms with E-state index in [0.717, 1.165) is 12.8 Å². The normalized spacial score (nSPS) is 11.8. The summed E-state index contributed by atoms with van der Waals surface area (Å²) in [6.45, 7) is 7.13. The minimum atomic E-state index is -0.393. The fraction of sp³-hybridized carbons (Fsp3) is 0.444. The number of hydrogen-bond acceptors (Lipinski definition) is 4. The van der Waals surface area contributed by atoms with Crippen molar-refractivity contribution >= 4 is 11.6 Å². The van der Waals surface area contributed by atoms with Crippen molar-refractivity contribution in [2.75, 3.05) is 18.5 Å². The number of nitrogens with one attached hydrogen (secondary N) is 1. The van der Waals surface area contributed by atoms with E-state index in [1.165, 1.54) is 0 Å². The lowest BCUT2D eigenvalue weighted by Crippen LogP contribution is -2.24. The number of amides is 1. The van der Waals surface area contributed by atoms with Crippen LogP contribution in [-0.4, -0.2) is 28.9 Å². The van der Waals surface area contributed by atoms with Gasteiger partial charge in [-0.3, -0.25) is 9.48 Å². The molecular formula is C18H25N3O3. The summed E-state index contributed by atoms with van der Waals surface area (Å²) in [6.07, 6.45) is 5.25. The minimum absolute atomic E-state index is 0.137. The molecule has 130 valence electrons. The molecule has 1 amide bonds. The van der Waals surface area contributed by atoms with E-state index in [9.17, 15) is 4.79 Å². The zero-order valence-corrected chi connectivity index (χ0v) is 14.5. The van der Waals surface area contributed by atoms with Gasteiger partial charge >= 0.3 is 0 Å². The smallest absolute Gasteiger partial charge is 0.248 e. The van der Waals surface area contributed by atoms with Crippen LogP contribution in [0, 0.1) is 0 Å². The number of ether oxygens (including phenoxy) is 2. The Morgan fingerprint density at radius 3 is 2.54 bits per heavy atom. The average Bonchev–Trinajstić information content (AvgIpc) is 3.12. The molecule has 1 heterocycles. The van der Waals surface area contributed by atoms with E-state index >= 15 is 0 Å². The Balaban J connectivity index is 2.10. The van der Waals surface area contributed by atoms with Crippen LogP contribution < -0.4 is 14.8 Å². The number of anilines is 1. The maximum Gasteiger partial charge on any atom is 0.248 e. The molecule has 1 atom stereocenters. The van der Waals surface area contributed by atoms with E-state index in [0.29, 0.717) is 30.4 Å². The van der Waals surface area contributed by atoms with Crippen LogP contribution in [0.4, 0.5) is 5.69 Å². The second-order valence-electron chi connectivity index (χ2n) is 5.51. The van der Waals surface area contributed by atoms with Gasteiger partial charge in [-0.25, -0.2) is 0 Å². The number of hydrogen-bond donors (Lipinski definition) is 1. The molecule has 6 nitrogen and oxygen atoms in total. The topological polar surface area (TPSA) is 65.4 Å². The second kappa shape index (κ2) is 8.96. The van der Waals surface area contributed by atoms with Crippen LogP contribution >= 0.6 is 0 Å². The highest BCUT2D eigenvalue weighted by Crippen LogP contribution is 2.31. The van der Waals surface area contributed by atoms with Gasteiger partial charge in [-0.15, -0.1) is 0 Å². The number of rotatable bonds is 9. The summed E-state index contributed by atoms with van der Waals surface area (Å²) in [6, 6.07) is 6.84. The first-order valence-corrected chi connectivity index (χ1v) is 8.35. The Bertz CT molecular complexity index is 641. The molecule has 0 fully saturated rings. The number of carbonyl (C=O) groups excluding carboxylic acids is 1. The van der Waals surface area contributed by atoms with Crippen molar-refractivity contribution in [3.63, 3.8) is 0 Å². The summed E-state index contributed by atoms with van der Waals surface area (Å²) in [7, 11) is 0. The van der Waals surface area contributed by atoms with E-state index in [-0.39, 0.29) is 5.91 Å². The van der Waals surface area contributed by atoms with Crippen LogP contribution in [0.3, 0.4) is 0 Å². The fourth-order valence-corrected chi connectivity index (χ4v) is 2.12. The van der Waals surface area contributed by atoms with Crippen molar-refractivity contribution < 1.29 is 14.3 Å². The molecule has 0 spiro atoms. The zero-order valence-electron chi connectivity index (χ0n) is 14.5. The minimum Gasteiger partial charge on any atom is -0.490 e. The first-order chi connectivity index (χ1) is 11.7. The molecule has 0 saturated carbocycles. The standard InChI is InChI=1S/C18H25N3O3/c1-4-11-23-16-8-7-15(13-17(16)24-12-5-2)20-18(22)14(3)21-10-6-9-19-21/h6-10,13-14H,4-5,11-12H2,1-3H3,(H,20,22).